The molecule has 8 heteroatoms. The van der Waals surface area contributed by atoms with Gasteiger partial charge in [-0.05, 0) is 17.2 Å². The average Bonchev–Trinajstić information content (AvgIpc) is 3.38. The molecule has 0 fully saturated rings. The second-order valence-corrected chi connectivity index (χ2v) is 10.9. The lowest BCUT2D eigenvalue weighted by molar-refractivity contribution is -0.141. The van der Waals surface area contributed by atoms with E-state index in [4.69, 9.17) is 0 Å². The third kappa shape index (κ3) is 3.86. The van der Waals surface area contributed by atoms with Gasteiger partial charge in [-0.2, -0.15) is 4.31 Å². The van der Waals surface area contributed by atoms with Crippen LogP contribution in [0, 0.1) is 0 Å². The Bertz CT molecular complexity index is 1480. The number of thiophene rings is 1. The highest BCUT2D eigenvalue weighted by Gasteiger charge is 2.44. The first-order valence-corrected chi connectivity index (χ1v) is 12.7. The first kappa shape index (κ1) is 22.2. The predicted octanol–water partition coefficient (Wildman–Crippen LogP) is 4.98. The first-order valence-electron chi connectivity index (χ1n) is 10.5. The molecule has 2 heterocycles. The van der Waals surface area contributed by atoms with E-state index in [2.05, 4.69) is 0 Å². The van der Waals surface area contributed by atoms with Crippen molar-refractivity contribution in [3.63, 3.8) is 0 Å². The zero-order valence-electron chi connectivity index (χ0n) is 17.8. The molecule has 1 aliphatic heterocycles. The van der Waals surface area contributed by atoms with E-state index in [-0.39, 0.29) is 17.2 Å². The van der Waals surface area contributed by atoms with Crippen LogP contribution in [0.4, 0.5) is 0 Å². The number of carboxylic acids is 1. The van der Waals surface area contributed by atoms with Crippen LogP contribution in [0.1, 0.15) is 32.4 Å². The van der Waals surface area contributed by atoms with Crippen molar-refractivity contribution in [2.24, 2.45) is 0 Å². The molecule has 34 heavy (non-hydrogen) atoms. The van der Waals surface area contributed by atoms with Crippen LogP contribution in [-0.2, 0) is 21.4 Å². The van der Waals surface area contributed by atoms with Crippen LogP contribution in [0.25, 0.3) is 10.4 Å². The summed E-state index contributed by atoms with van der Waals surface area (Å²) in [7, 11) is -3.97. The lowest BCUT2D eigenvalue weighted by Crippen LogP contribution is -2.34. The van der Waals surface area contributed by atoms with Crippen LogP contribution in [0.3, 0.4) is 0 Å². The van der Waals surface area contributed by atoms with Gasteiger partial charge in [0.2, 0.25) is 10.0 Å². The number of aliphatic carboxylic acids is 1. The number of fused-ring (bicyclic) bond motifs is 1. The smallest absolute Gasteiger partial charge is 0.326 e. The van der Waals surface area contributed by atoms with Gasteiger partial charge in [-0.15, -0.1) is 11.3 Å². The molecule has 0 bridgehead atoms. The molecule has 3 aromatic carbocycles. The van der Waals surface area contributed by atoms with Gasteiger partial charge in [0.05, 0.1) is 11.4 Å². The van der Waals surface area contributed by atoms with Crippen LogP contribution in [0.2, 0.25) is 0 Å². The summed E-state index contributed by atoms with van der Waals surface area (Å²) >= 11 is 1.32. The largest absolute Gasteiger partial charge is 0.480 e. The Labute approximate surface area is 200 Å². The van der Waals surface area contributed by atoms with Crippen molar-refractivity contribution in [1.82, 2.24) is 4.31 Å². The summed E-state index contributed by atoms with van der Waals surface area (Å²) < 4.78 is 27.6. The molecule has 1 unspecified atom stereocenters. The van der Waals surface area contributed by atoms with E-state index >= 15 is 0 Å². The van der Waals surface area contributed by atoms with Crippen molar-refractivity contribution < 1.29 is 23.1 Å². The van der Waals surface area contributed by atoms with Gasteiger partial charge < -0.3 is 5.11 Å². The normalized spacial score (nSPS) is 15.5. The topological polar surface area (TPSA) is 91.8 Å². The maximum atomic E-state index is 13.3. The molecule has 0 radical (unpaired) electrons. The summed E-state index contributed by atoms with van der Waals surface area (Å²) in [4.78, 5) is 26.1. The second-order valence-electron chi connectivity index (χ2n) is 7.87. The standard InChI is InChI=1S/C26H19NO5S2/c28-25(19-9-5-2-6-10-19)20-13-11-17(12-14-20)21-15-23-22(33-21)16-27(34(23,31)32)24(26(29)30)18-7-3-1-4-8-18/h1-15,24H,16H2,(H,29,30). The van der Waals surface area contributed by atoms with E-state index in [1.54, 1.807) is 72.8 Å². The summed E-state index contributed by atoms with van der Waals surface area (Å²) in [5, 5.41) is 9.79. The zero-order valence-corrected chi connectivity index (χ0v) is 19.4. The third-order valence-corrected chi connectivity index (χ3v) is 8.94. The summed E-state index contributed by atoms with van der Waals surface area (Å²) in [6.45, 7) is -0.00122. The Morgan fingerprint density at radius 3 is 2.03 bits per heavy atom. The van der Waals surface area contributed by atoms with Crippen LogP contribution in [-0.4, -0.2) is 29.6 Å². The fourth-order valence-electron chi connectivity index (χ4n) is 4.08. The minimum absolute atomic E-state index is 0.00122. The molecule has 5 rings (SSSR count). The van der Waals surface area contributed by atoms with Crippen molar-refractivity contribution in [3.05, 3.63) is 113 Å². The van der Waals surface area contributed by atoms with E-state index in [1.165, 1.54) is 11.3 Å². The molecule has 1 aliphatic rings. The maximum Gasteiger partial charge on any atom is 0.326 e. The van der Waals surface area contributed by atoms with Gasteiger partial charge in [0.1, 0.15) is 6.04 Å². The second kappa shape index (κ2) is 8.64. The molecule has 0 saturated heterocycles. The van der Waals surface area contributed by atoms with Gasteiger partial charge >= 0.3 is 5.97 Å². The van der Waals surface area contributed by atoms with Crippen molar-refractivity contribution >= 4 is 33.1 Å². The molecule has 4 aromatic rings. The lowest BCUT2D eigenvalue weighted by Gasteiger charge is -2.23. The highest BCUT2D eigenvalue weighted by Crippen LogP contribution is 2.44. The van der Waals surface area contributed by atoms with E-state index in [9.17, 15) is 23.1 Å². The van der Waals surface area contributed by atoms with E-state index in [0.717, 1.165) is 14.7 Å². The van der Waals surface area contributed by atoms with Gasteiger partial charge in [0.25, 0.3) is 0 Å². The van der Waals surface area contributed by atoms with Gasteiger partial charge in [0.15, 0.2) is 5.78 Å². The van der Waals surface area contributed by atoms with Gasteiger partial charge in [-0.1, -0.05) is 84.9 Å². The number of hydrogen-bond acceptors (Lipinski definition) is 5. The molecule has 0 aliphatic carbocycles. The number of benzene rings is 3. The number of carbonyl (C=O) groups excluding carboxylic acids is 1. The summed E-state index contributed by atoms with van der Waals surface area (Å²) in [5.41, 5.74) is 2.35. The van der Waals surface area contributed by atoms with Crippen molar-refractivity contribution in [2.75, 3.05) is 0 Å². The molecule has 6 nitrogen and oxygen atoms in total. The highest BCUT2D eigenvalue weighted by atomic mass is 32.2. The van der Waals surface area contributed by atoms with Crippen LogP contribution in [0.15, 0.2) is 95.9 Å². The number of hydrogen-bond donors (Lipinski definition) is 1. The minimum Gasteiger partial charge on any atom is -0.480 e. The monoisotopic (exact) mass is 489 g/mol. The Kier molecular flexibility index (Phi) is 5.65. The van der Waals surface area contributed by atoms with Crippen molar-refractivity contribution in [1.29, 1.82) is 0 Å². The zero-order chi connectivity index (χ0) is 23.9. The van der Waals surface area contributed by atoms with Crippen LogP contribution in [0.5, 0.6) is 0 Å². The molecular weight excluding hydrogens is 470 g/mol. The van der Waals surface area contributed by atoms with Crippen LogP contribution < -0.4 is 0 Å². The lowest BCUT2D eigenvalue weighted by atomic mass is 10.0. The molecule has 0 amide bonds. The molecular formula is C26H19NO5S2. The Morgan fingerprint density at radius 1 is 0.853 bits per heavy atom. The maximum absolute atomic E-state index is 13.3. The van der Waals surface area contributed by atoms with Crippen molar-refractivity contribution in [2.45, 2.75) is 17.5 Å². The molecule has 0 spiro atoms. The SMILES string of the molecule is O=C(c1ccccc1)c1ccc(-c2cc3c(s2)CN(C(C(=O)O)c2ccccc2)S3(=O)=O)cc1. The average molecular weight is 490 g/mol. The molecule has 170 valence electrons. The molecule has 0 saturated carbocycles. The molecule has 1 N–H and O–H groups in total. The molecule has 1 atom stereocenters. The number of ketones is 1. The van der Waals surface area contributed by atoms with Crippen molar-refractivity contribution in [3.8, 4) is 10.4 Å². The fourth-order valence-corrected chi connectivity index (χ4v) is 7.39. The van der Waals surface area contributed by atoms with E-state index in [1.807, 2.05) is 18.2 Å². The number of rotatable bonds is 6. The Balaban J connectivity index is 1.43. The summed E-state index contributed by atoms with van der Waals surface area (Å²) in [6.07, 6.45) is 0. The van der Waals surface area contributed by atoms with Gasteiger partial charge in [-0.25, -0.2) is 8.42 Å². The minimum atomic E-state index is -3.97. The highest BCUT2D eigenvalue weighted by molar-refractivity contribution is 7.89. The van der Waals surface area contributed by atoms with E-state index < -0.39 is 22.0 Å². The number of nitrogens with zero attached hydrogens (tertiary/aromatic N) is 1. The number of carboxylic acid groups (broad SMARTS) is 1. The van der Waals surface area contributed by atoms with Gasteiger partial charge in [-0.3, -0.25) is 9.59 Å². The Morgan fingerprint density at radius 2 is 1.44 bits per heavy atom. The quantitative estimate of drug-likeness (QED) is 0.386. The molecule has 1 aromatic heterocycles. The summed E-state index contributed by atoms with van der Waals surface area (Å²) in [5.74, 6) is -1.30. The fraction of sp³-hybridized carbons (Fsp3) is 0.0769. The first-order chi connectivity index (χ1) is 16.4. The van der Waals surface area contributed by atoms with Gasteiger partial charge in [0, 0.05) is 20.9 Å². The number of sulfonamides is 1. The third-order valence-electron chi connectivity index (χ3n) is 5.76. The predicted molar refractivity (Wildman–Crippen MR) is 129 cm³/mol. The summed E-state index contributed by atoms with van der Waals surface area (Å²) in [6, 6.07) is 24.7. The van der Waals surface area contributed by atoms with E-state index in [0.29, 0.717) is 21.6 Å². The van der Waals surface area contributed by atoms with Crippen LogP contribution >= 0.6 is 11.3 Å². The number of carbonyl (C=O) groups is 2. The Hall–Kier alpha value is -3.59.